The second-order valence-electron chi connectivity index (χ2n) is 4.82. The van der Waals surface area contributed by atoms with Crippen molar-refractivity contribution in [1.82, 2.24) is 4.98 Å². The predicted octanol–water partition coefficient (Wildman–Crippen LogP) is 4.93. The zero-order valence-corrected chi connectivity index (χ0v) is 11.7. The molecule has 0 unspecified atom stereocenters. The summed E-state index contributed by atoms with van der Waals surface area (Å²) in [7, 11) is 1.58. The van der Waals surface area contributed by atoms with Gasteiger partial charge < -0.3 is 4.74 Å². The van der Waals surface area contributed by atoms with E-state index in [2.05, 4.69) is 4.98 Å². The van der Waals surface area contributed by atoms with Crippen molar-refractivity contribution >= 4 is 10.9 Å². The Kier molecular flexibility index (Phi) is 3.48. The third-order valence-electron chi connectivity index (χ3n) is 3.47. The van der Waals surface area contributed by atoms with Crippen LogP contribution < -0.4 is 4.74 Å². The molecule has 0 aliphatic carbocycles. The first kappa shape index (κ1) is 14.4. The molecule has 0 N–H and O–H groups in total. The maximum Gasteiger partial charge on any atom is 0.416 e. The maximum absolute atomic E-state index is 12.8. The average Bonchev–Trinajstić information content (AvgIpc) is 2.53. The minimum absolute atomic E-state index is 0.322. The third kappa shape index (κ3) is 2.62. The highest BCUT2D eigenvalue weighted by Gasteiger charge is 2.30. The summed E-state index contributed by atoms with van der Waals surface area (Å²) in [6.07, 6.45) is -2.85. The van der Waals surface area contributed by atoms with E-state index in [1.165, 1.54) is 12.3 Å². The van der Waals surface area contributed by atoms with Gasteiger partial charge in [-0.25, -0.2) is 0 Å². The average molecular weight is 303 g/mol. The van der Waals surface area contributed by atoms with Crippen LogP contribution in [0.25, 0.3) is 22.0 Å². The number of nitrogens with zero attached hydrogens (tertiary/aromatic N) is 1. The number of halogens is 3. The quantitative estimate of drug-likeness (QED) is 0.669. The van der Waals surface area contributed by atoms with Crippen LogP contribution in [0, 0.1) is 0 Å². The summed E-state index contributed by atoms with van der Waals surface area (Å²) >= 11 is 0. The van der Waals surface area contributed by atoms with Crippen LogP contribution >= 0.6 is 0 Å². The molecule has 3 aromatic rings. The van der Waals surface area contributed by atoms with Crippen LogP contribution in [0.5, 0.6) is 5.75 Å². The van der Waals surface area contributed by atoms with E-state index in [1.54, 1.807) is 13.2 Å². The fourth-order valence-electron chi connectivity index (χ4n) is 2.35. The van der Waals surface area contributed by atoms with Gasteiger partial charge in [0, 0.05) is 11.6 Å². The number of hydrogen-bond donors (Lipinski definition) is 0. The number of ether oxygens (including phenoxy) is 1. The summed E-state index contributed by atoms with van der Waals surface area (Å²) in [6, 6.07) is 12.8. The van der Waals surface area contributed by atoms with E-state index >= 15 is 0 Å². The molecule has 0 saturated heterocycles. The lowest BCUT2D eigenvalue weighted by molar-refractivity contribution is -0.137. The molecule has 0 radical (unpaired) electrons. The van der Waals surface area contributed by atoms with Gasteiger partial charge in [0.25, 0.3) is 0 Å². The van der Waals surface area contributed by atoms with Crippen molar-refractivity contribution in [3.8, 4) is 16.9 Å². The Morgan fingerprint density at radius 2 is 1.68 bits per heavy atom. The zero-order chi connectivity index (χ0) is 15.7. The SMILES string of the molecule is COc1ccc(-c2ccnc3cc(C(F)(F)F)ccc23)cc1. The molecule has 0 aliphatic heterocycles. The van der Waals surface area contributed by atoms with Crippen molar-refractivity contribution in [2.75, 3.05) is 7.11 Å². The van der Waals surface area contributed by atoms with Gasteiger partial charge in [0.15, 0.2) is 0 Å². The van der Waals surface area contributed by atoms with Gasteiger partial charge in [0.2, 0.25) is 0 Å². The number of alkyl halides is 3. The first-order valence-electron chi connectivity index (χ1n) is 6.59. The molecule has 22 heavy (non-hydrogen) atoms. The number of rotatable bonds is 2. The van der Waals surface area contributed by atoms with Gasteiger partial charge in [-0.1, -0.05) is 18.2 Å². The number of fused-ring (bicyclic) bond motifs is 1. The van der Waals surface area contributed by atoms with E-state index in [0.29, 0.717) is 10.9 Å². The summed E-state index contributed by atoms with van der Waals surface area (Å²) in [4.78, 5) is 4.05. The molecule has 0 aliphatic rings. The lowest BCUT2D eigenvalue weighted by Gasteiger charge is -2.10. The van der Waals surface area contributed by atoms with E-state index in [0.717, 1.165) is 29.0 Å². The van der Waals surface area contributed by atoms with Crippen molar-refractivity contribution in [1.29, 1.82) is 0 Å². The summed E-state index contributed by atoms with van der Waals surface area (Å²) < 4.78 is 43.5. The minimum atomic E-state index is -4.37. The largest absolute Gasteiger partial charge is 0.497 e. The van der Waals surface area contributed by atoms with Crippen molar-refractivity contribution in [2.24, 2.45) is 0 Å². The Morgan fingerprint density at radius 3 is 2.32 bits per heavy atom. The molecular weight excluding hydrogens is 291 g/mol. The summed E-state index contributed by atoms with van der Waals surface area (Å²) in [5.41, 5.74) is 1.36. The van der Waals surface area contributed by atoms with Crippen LogP contribution in [0.4, 0.5) is 13.2 Å². The Balaban J connectivity index is 2.14. The summed E-state index contributed by atoms with van der Waals surface area (Å²) in [5.74, 6) is 0.724. The molecule has 0 bridgehead atoms. The fourth-order valence-corrected chi connectivity index (χ4v) is 2.35. The lowest BCUT2D eigenvalue weighted by atomic mass is 10.00. The standard InChI is InChI=1S/C17H12F3NO/c1-22-13-5-2-11(3-6-13)14-8-9-21-16-10-12(17(18,19)20)4-7-15(14)16/h2-10H,1H3. The number of methoxy groups -OCH3 is 1. The van der Waals surface area contributed by atoms with Crippen molar-refractivity contribution < 1.29 is 17.9 Å². The molecule has 0 amide bonds. The van der Waals surface area contributed by atoms with Gasteiger partial charge >= 0.3 is 6.18 Å². The van der Waals surface area contributed by atoms with Gasteiger partial charge in [0.1, 0.15) is 5.75 Å². The number of pyridine rings is 1. The van der Waals surface area contributed by atoms with Gasteiger partial charge in [-0.15, -0.1) is 0 Å². The molecule has 5 heteroatoms. The van der Waals surface area contributed by atoms with E-state index in [4.69, 9.17) is 4.74 Å². The Hall–Kier alpha value is -2.56. The van der Waals surface area contributed by atoms with E-state index in [1.807, 2.05) is 24.3 Å². The Labute approximate surface area is 125 Å². The van der Waals surface area contributed by atoms with Crippen molar-refractivity contribution in [3.63, 3.8) is 0 Å². The molecular formula is C17H12F3NO. The first-order chi connectivity index (χ1) is 10.5. The number of benzene rings is 2. The summed E-state index contributed by atoms with van der Waals surface area (Å²) in [6.45, 7) is 0. The highest BCUT2D eigenvalue weighted by atomic mass is 19.4. The molecule has 0 saturated carbocycles. The van der Waals surface area contributed by atoms with Crippen LogP contribution in [0.2, 0.25) is 0 Å². The second kappa shape index (κ2) is 5.33. The molecule has 1 aromatic heterocycles. The Bertz CT molecular complexity index is 810. The van der Waals surface area contributed by atoms with Crippen LogP contribution in [-0.2, 0) is 6.18 Å². The van der Waals surface area contributed by atoms with Gasteiger partial charge in [0.05, 0.1) is 18.2 Å². The molecule has 0 atom stereocenters. The molecule has 2 aromatic carbocycles. The first-order valence-corrected chi connectivity index (χ1v) is 6.59. The predicted molar refractivity (Wildman–Crippen MR) is 78.7 cm³/mol. The zero-order valence-electron chi connectivity index (χ0n) is 11.7. The van der Waals surface area contributed by atoms with Crippen molar-refractivity contribution in [2.45, 2.75) is 6.18 Å². The van der Waals surface area contributed by atoms with Gasteiger partial charge in [-0.2, -0.15) is 13.2 Å². The monoisotopic (exact) mass is 303 g/mol. The minimum Gasteiger partial charge on any atom is -0.497 e. The molecule has 1 heterocycles. The molecule has 0 fully saturated rings. The van der Waals surface area contributed by atoms with Crippen LogP contribution in [0.15, 0.2) is 54.7 Å². The molecule has 2 nitrogen and oxygen atoms in total. The van der Waals surface area contributed by atoms with Gasteiger partial charge in [-0.05, 0) is 41.5 Å². The van der Waals surface area contributed by atoms with Crippen LogP contribution in [0.1, 0.15) is 5.56 Å². The topological polar surface area (TPSA) is 22.1 Å². The highest BCUT2D eigenvalue weighted by Crippen LogP contribution is 2.34. The maximum atomic E-state index is 12.8. The fraction of sp³-hybridized carbons (Fsp3) is 0.118. The smallest absolute Gasteiger partial charge is 0.416 e. The molecule has 112 valence electrons. The normalized spacial score (nSPS) is 11.6. The lowest BCUT2D eigenvalue weighted by Crippen LogP contribution is -2.04. The van der Waals surface area contributed by atoms with E-state index < -0.39 is 11.7 Å². The molecule has 0 spiro atoms. The number of hydrogen-bond acceptors (Lipinski definition) is 2. The van der Waals surface area contributed by atoms with Crippen LogP contribution in [0.3, 0.4) is 0 Å². The third-order valence-corrected chi connectivity index (χ3v) is 3.47. The second-order valence-corrected chi connectivity index (χ2v) is 4.82. The highest BCUT2D eigenvalue weighted by molar-refractivity contribution is 5.94. The van der Waals surface area contributed by atoms with Crippen LogP contribution in [-0.4, -0.2) is 12.1 Å². The number of aromatic nitrogens is 1. The van der Waals surface area contributed by atoms with Gasteiger partial charge in [-0.3, -0.25) is 4.98 Å². The summed E-state index contributed by atoms with van der Waals surface area (Å²) in [5, 5.41) is 0.681. The molecule has 3 rings (SSSR count). The Morgan fingerprint density at radius 1 is 0.955 bits per heavy atom. The van der Waals surface area contributed by atoms with Crippen molar-refractivity contribution in [3.05, 3.63) is 60.3 Å². The van der Waals surface area contributed by atoms with E-state index in [9.17, 15) is 13.2 Å². The van der Waals surface area contributed by atoms with E-state index in [-0.39, 0.29) is 0 Å².